The van der Waals surface area contributed by atoms with Gasteiger partial charge in [0.2, 0.25) is 5.89 Å². The van der Waals surface area contributed by atoms with Crippen molar-refractivity contribution in [3.05, 3.63) is 83.7 Å². The molecule has 0 aliphatic carbocycles. The van der Waals surface area contributed by atoms with Gasteiger partial charge in [-0.15, -0.1) is 11.3 Å². The van der Waals surface area contributed by atoms with Crippen LogP contribution in [-0.4, -0.2) is 28.3 Å². The molecule has 0 bridgehead atoms. The Bertz CT molecular complexity index is 1250. The summed E-state index contributed by atoms with van der Waals surface area (Å²) in [4.78, 5) is 18.3. The van der Waals surface area contributed by atoms with Gasteiger partial charge in [0.05, 0.1) is 11.0 Å². The quantitative estimate of drug-likeness (QED) is 0.249. The van der Waals surface area contributed by atoms with Gasteiger partial charge in [0.25, 0.3) is 0 Å². The highest BCUT2D eigenvalue weighted by Crippen LogP contribution is 2.34. The monoisotopic (exact) mass is 491 g/mol. The molecule has 0 aliphatic rings. The summed E-state index contributed by atoms with van der Waals surface area (Å²) in [5.74, 6) is 1.03. The summed E-state index contributed by atoms with van der Waals surface area (Å²) in [6.07, 6.45) is 0.0960. The van der Waals surface area contributed by atoms with Crippen LogP contribution < -0.4 is 4.74 Å². The highest BCUT2D eigenvalue weighted by molar-refractivity contribution is 7.18. The summed E-state index contributed by atoms with van der Waals surface area (Å²) in [5.41, 5.74) is 2.78. The van der Waals surface area contributed by atoms with E-state index in [-0.39, 0.29) is 12.7 Å². The van der Waals surface area contributed by atoms with E-state index in [1.807, 2.05) is 69.3 Å². The fourth-order valence-corrected chi connectivity index (χ4v) is 4.47. The van der Waals surface area contributed by atoms with Gasteiger partial charge in [0.15, 0.2) is 6.10 Å². The molecule has 1 N–H and O–H groups in total. The Balaban J connectivity index is 1.37. The second-order valence-electron chi connectivity index (χ2n) is 8.37. The van der Waals surface area contributed by atoms with Gasteiger partial charge in [-0.1, -0.05) is 49.4 Å². The molecule has 7 heteroatoms. The number of aromatic nitrogens is 1. The number of thiophene rings is 1. The average Bonchev–Trinajstić information content (AvgIpc) is 3.50. The highest BCUT2D eigenvalue weighted by atomic mass is 32.1. The number of hydrogen-bond acceptors (Lipinski definition) is 6. The lowest BCUT2D eigenvalue weighted by Gasteiger charge is -2.18. The van der Waals surface area contributed by atoms with E-state index in [1.54, 1.807) is 11.3 Å². The number of carboxylic acid groups (broad SMARTS) is 1. The maximum absolute atomic E-state index is 11.5. The Hall–Kier alpha value is -3.42. The van der Waals surface area contributed by atoms with Crippen molar-refractivity contribution in [2.45, 2.75) is 52.4 Å². The molecule has 0 saturated carbocycles. The first-order valence-electron chi connectivity index (χ1n) is 11.6. The van der Waals surface area contributed by atoms with Crippen molar-refractivity contribution >= 4 is 17.3 Å². The Morgan fingerprint density at radius 1 is 1.06 bits per heavy atom. The summed E-state index contributed by atoms with van der Waals surface area (Å²) in [5, 5.41) is 9.45. The third-order valence-electron chi connectivity index (χ3n) is 5.73. The van der Waals surface area contributed by atoms with Crippen LogP contribution in [0.1, 0.15) is 37.3 Å². The molecule has 0 amide bonds. The molecule has 2 heterocycles. The van der Waals surface area contributed by atoms with Crippen molar-refractivity contribution in [2.75, 3.05) is 0 Å². The van der Waals surface area contributed by atoms with Crippen LogP contribution in [0.25, 0.3) is 21.2 Å². The number of aliphatic carboxylic acids is 1. The van der Waals surface area contributed by atoms with Crippen LogP contribution in [-0.2, 0) is 22.6 Å². The lowest BCUT2D eigenvalue weighted by Crippen LogP contribution is -2.30. The Labute approximate surface area is 209 Å². The SMILES string of the molecule is CCC(C)OC(Cc1ccc(OCc2nc(-c3ccc(-c4ccccc4)s3)oc2C)cc1)C(=O)O. The standard InChI is InChI=1S/C28H29NO5S/c1-4-18(2)33-24(28(30)31)16-20-10-12-22(13-11-20)32-17-23-19(3)34-27(29-23)26-15-14-25(35-26)21-8-6-5-7-9-21/h5-15,18,24H,4,16-17H2,1-3H3,(H,30,31). The molecular formula is C28H29NO5S. The average molecular weight is 492 g/mol. The Morgan fingerprint density at radius 3 is 2.46 bits per heavy atom. The number of carbonyl (C=O) groups is 1. The number of carboxylic acids is 1. The van der Waals surface area contributed by atoms with Crippen molar-refractivity contribution < 1.29 is 23.8 Å². The van der Waals surface area contributed by atoms with E-state index in [9.17, 15) is 9.90 Å². The molecule has 2 atom stereocenters. The Kier molecular flexibility index (Phi) is 8.00. The summed E-state index contributed by atoms with van der Waals surface area (Å²) < 4.78 is 17.5. The van der Waals surface area contributed by atoms with Gasteiger partial charge in [-0.2, -0.15) is 0 Å². The van der Waals surface area contributed by atoms with Gasteiger partial charge in [0.1, 0.15) is 23.8 Å². The smallest absolute Gasteiger partial charge is 0.333 e. The topological polar surface area (TPSA) is 81.8 Å². The largest absolute Gasteiger partial charge is 0.487 e. The van der Waals surface area contributed by atoms with Crippen LogP contribution in [0.5, 0.6) is 5.75 Å². The Morgan fingerprint density at radius 2 is 1.77 bits per heavy atom. The van der Waals surface area contributed by atoms with E-state index in [1.165, 1.54) is 5.56 Å². The van der Waals surface area contributed by atoms with Crippen molar-refractivity contribution in [1.82, 2.24) is 4.98 Å². The highest BCUT2D eigenvalue weighted by Gasteiger charge is 2.21. The molecule has 0 fully saturated rings. The first-order valence-corrected chi connectivity index (χ1v) is 12.5. The van der Waals surface area contributed by atoms with Gasteiger partial charge in [-0.3, -0.25) is 0 Å². The predicted molar refractivity (Wildman–Crippen MR) is 137 cm³/mol. The summed E-state index contributed by atoms with van der Waals surface area (Å²) in [6, 6.07) is 21.7. The fraction of sp³-hybridized carbons (Fsp3) is 0.286. The lowest BCUT2D eigenvalue weighted by molar-refractivity contribution is -0.153. The predicted octanol–water partition coefficient (Wildman–Crippen LogP) is 6.77. The summed E-state index contributed by atoms with van der Waals surface area (Å²) in [7, 11) is 0. The number of hydrogen-bond donors (Lipinski definition) is 1. The van der Waals surface area contributed by atoms with E-state index >= 15 is 0 Å². The first kappa shape index (κ1) is 24.7. The normalized spacial score (nSPS) is 12.9. The maximum Gasteiger partial charge on any atom is 0.333 e. The minimum Gasteiger partial charge on any atom is -0.487 e. The molecule has 35 heavy (non-hydrogen) atoms. The van der Waals surface area contributed by atoms with Gasteiger partial charge < -0.3 is 19.0 Å². The third kappa shape index (κ3) is 6.38. The number of aryl methyl sites for hydroxylation is 1. The van der Waals surface area contributed by atoms with E-state index in [0.717, 1.165) is 33.2 Å². The van der Waals surface area contributed by atoms with Crippen molar-refractivity contribution in [1.29, 1.82) is 0 Å². The van der Waals surface area contributed by atoms with E-state index < -0.39 is 12.1 Å². The van der Waals surface area contributed by atoms with E-state index in [2.05, 4.69) is 23.2 Å². The second kappa shape index (κ2) is 11.3. The van der Waals surface area contributed by atoms with E-state index in [0.29, 0.717) is 18.1 Å². The molecule has 2 aromatic carbocycles. The van der Waals surface area contributed by atoms with Crippen LogP contribution in [0.4, 0.5) is 0 Å². The van der Waals surface area contributed by atoms with Crippen LogP contribution in [0.3, 0.4) is 0 Å². The van der Waals surface area contributed by atoms with Crippen molar-refractivity contribution in [3.63, 3.8) is 0 Å². The summed E-state index contributed by atoms with van der Waals surface area (Å²) in [6.45, 7) is 6.01. The summed E-state index contributed by atoms with van der Waals surface area (Å²) >= 11 is 1.64. The molecule has 4 aromatic rings. The zero-order valence-corrected chi connectivity index (χ0v) is 20.9. The van der Waals surface area contributed by atoms with Crippen molar-refractivity contribution in [3.8, 4) is 27.0 Å². The van der Waals surface area contributed by atoms with Gasteiger partial charge in [0, 0.05) is 11.3 Å². The number of ether oxygens (including phenoxy) is 2. The molecule has 182 valence electrons. The van der Waals surface area contributed by atoms with E-state index in [4.69, 9.17) is 13.9 Å². The second-order valence-corrected chi connectivity index (χ2v) is 9.45. The minimum absolute atomic E-state index is 0.103. The molecule has 0 radical (unpaired) electrons. The minimum atomic E-state index is -0.954. The van der Waals surface area contributed by atoms with Crippen LogP contribution >= 0.6 is 11.3 Å². The molecule has 2 aromatic heterocycles. The zero-order valence-electron chi connectivity index (χ0n) is 20.1. The van der Waals surface area contributed by atoms with Gasteiger partial charge >= 0.3 is 5.97 Å². The number of oxazole rings is 1. The van der Waals surface area contributed by atoms with Crippen molar-refractivity contribution in [2.24, 2.45) is 0 Å². The molecule has 6 nitrogen and oxygen atoms in total. The van der Waals surface area contributed by atoms with Crippen LogP contribution in [0, 0.1) is 6.92 Å². The lowest BCUT2D eigenvalue weighted by atomic mass is 10.1. The molecular weight excluding hydrogens is 462 g/mol. The molecule has 2 unspecified atom stereocenters. The number of benzene rings is 2. The molecule has 0 saturated heterocycles. The molecule has 0 spiro atoms. The van der Waals surface area contributed by atoms with Gasteiger partial charge in [-0.05, 0) is 55.7 Å². The van der Waals surface area contributed by atoms with Crippen LogP contribution in [0.2, 0.25) is 0 Å². The fourth-order valence-electron chi connectivity index (χ4n) is 3.54. The molecule has 0 aliphatic heterocycles. The zero-order chi connectivity index (χ0) is 24.8. The van der Waals surface area contributed by atoms with Crippen LogP contribution in [0.15, 0.2) is 71.1 Å². The first-order chi connectivity index (χ1) is 16.9. The maximum atomic E-state index is 11.5. The third-order valence-corrected chi connectivity index (χ3v) is 6.86. The van der Waals surface area contributed by atoms with Gasteiger partial charge in [-0.25, -0.2) is 9.78 Å². The number of nitrogens with zero attached hydrogens (tertiary/aromatic N) is 1. The molecule has 4 rings (SSSR count). The number of rotatable bonds is 11.